The van der Waals surface area contributed by atoms with E-state index in [9.17, 15) is 14.0 Å². The Morgan fingerprint density at radius 2 is 1.70 bits per heavy atom. The van der Waals surface area contributed by atoms with E-state index in [4.69, 9.17) is 16.3 Å². The van der Waals surface area contributed by atoms with E-state index < -0.39 is 11.7 Å². The molecule has 0 aliphatic carbocycles. The van der Waals surface area contributed by atoms with E-state index in [0.717, 1.165) is 11.6 Å². The fourth-order valence-electron chi connectivity index (χ4n) is 2.77. The van der Waals surface area contributed by atoms with E-state index in [1.54, 1.807) is 24.3 Å². The van der Waals surface area contributed by atoms with Gasteiger partial charge in [-0.1, -0.05) is 54.1 Å². The molecule has 2 N–H and O–H groups in total. The molecule has 3 rings (SSSR count). The van der Waals surface area contributed by atoms with Crippen LogP contribution in [0.4, 0.5) is 10.1 Å². The van der Waals surface area contributed by atoms with Crippen LogP contribution >= 0.6 is 11.6 Å². The molecule has 7 heteroatoms. The number of amides is 2. The quantitative estimate of drug-likeness (QED) is 0.558. The zero-order chi connectivity index (χ0) is 21.3. The summed E-state index contributed by atoms with van der Waals surface area (Å²) in [6.07, 6.45) is 0.702. The van der Waals surface area contributed by atoms with Crippen LogP contribution in [-0.4, -0.2) is 25.0 Å². The van der Waals surface area contributed by atoms with Gasteiger partial charge >= 0.3 is 0 Å². The molecule has 0 aliphatic heterocycles. The lowest BCUT2D eigenvalue weighted by atomic mass is 10.1. The lowest BCUT2D eigenvalue weighted by Crippen LogP contribution is -2.28. The van der Waals surface area contributed by atoms with Gasteiger partial charge in [-0.3, -0.25) is 9.59 Å². The molecule has 5 nitrogen and oxygen atoms in total. The van der Waals surface area contributed by atoms with Crippen molar-refractivity contribution in [3.8, 4) is 5.75 Å². The molecule has 0 heterocycles. The van der Waals surface area contributed by atoms with Crippen LogP contribution in [0.5, 0.6) is 5.75 Å². The minimum absolute atomic E-state index is 0.0704. The highest BCUT2D eigenvalue weighted by Gasteiger charge is 2.14. The summed E-state index contributed by atoms with van der Waals surface area (Å²) < 4.78 is 18.4. The third-order valence-corrected chi connectivity index (χ3v) is 4.54. The van der Waals surface area contributed by atoms with Crippen LogP contribution in [0.1, 0.15) is 15.9 Å². The predicted octanol–water partition coefficient (Wildman–Crippen LogP) is 4.47. The minimum atomic E-state index is -0.496. The molecule has 0 saturated carbocycles. The van der Waals surface area contributed by atoms with Crippen molar-refractivity contribution in [3.05, 3.63) is 94.8 Å². The lowest BCUT2D eigenvalue weighted by Gasteiger charge is -2.12. The van der Waals surface area contributed by atoms with Crippen molar-refractivity contribution >= 4 is 29.1 Å². The summed E-state index contributed by atoms with van der Waals surface area (Å²) in [5.41, 5.74) is 1.84. The molecule has 0 unspecified atom stereocenters. The van der Waals surface area contributed by atoms with Gasteiger partial charge in [0.05, 0.1) is 16.3 Å². The summed E-state index contributed by atoms with van der Waals surface area (Å²) in [7, 11) is 0. The Morgan fingerprint density at radius 1 is 0.967 bits per heavy atom. The molecule has 3 aromatic carbocycles. The molecule has 0 aromatic heterocycles. The maximum absolute atomic E-state index is 13.1. The first-order chi connectivity index (χ1) is 14.5. The van der Waals surface area contributed by atoms with Crippen molar-refractivity contribution in [3.63, 3.8) is 0 Å². The Kier molecular flexibility index (Phi) is 7.40. The molecule has 0 saturated heterocycles. The summed E-state index contributed by atoms with van der Waals surface area (Å²) in [4.78, 5) is 24.8. The second-order valence-corrected chi connectivity index (χ2v) is 6.86. The first-order valence-electron chi connectivity index (χ1n) is 9.32. The van der Waals surface area contributed by atoms with Crippen LogP contribution in [0, 0.1) is 5.82 Å². The number of para-hydroxylation sites is 1. The van der Waals surface area contributed by atoms with Crippen molar-refractivity contribution < 1.29 is 18.7 Å². The standard InChI is InChI=1S/C23H20ClFN2O3/c24-19-14-17(25)10-11-21(19)30-15-22(28)27-20-9-5-4-8-18(20)23(29)26-13-12-16-6-2-1-3-7-16/h1-11,14H,12-13,15H2,(H,26,29)(H,27,28). The number of hydrogen-bond acceptors (Lipinski definition) is 3. The monoisotopic (exact) mass is 426 g/mol. The fourth-order valence-corrected chi connectivity index (χ4v) is 2.99. The van der Waals surface area contributed by atoms with Crippen LogP contribution in [0.2, 0.25) is 5.02 Å². The van der Waals surface area contributed by atoms with Gasteiger partial charge in [-0.15, -0.1) is 0 Å². The molecule has 0 aliphatic rings. The topological polar surface area (TPSA) is 67.4 Å². The van der Waals surface area contributed by atoms with Gasteiger partial charge in [0.2, 0.25) is 0 Å². The molecule has 0 spiro atoms. The molecule has 0 bridgehead atoms. The third kappa shape index (κ3) is 6.06. The van der Waals surface area contributed by atoms with E-state index in [-0.39, 0.29) is 23.3 Å². The zero-order valence-corrected chi connectivity index (χ0v) is 16.8. The highest BCUT2D eigenvalue weighted by Crippen LogP contribution is 2.24. The highest BCUT2D eigenvalue weighted by atomic mass is 35.5. The van der Waals surface area contributed by atoms with Crippen LogP contribution in [0.25, 0.3) is 0 Å². The van der Waals surface area contributed by atoms with Crippen molar-refractivity contribution in [2.24, 2.45) is 0 Å². The summed E-state index contributed by atoms with van der Waals surface area (Å²) >= 11 is 5.88. The van der Waals surface area contributed by atoms with Gasteiger partial charge in [-0.25, -0.2) is 4.39 Å². The Balaban J connectivity index is 1.56. The highest BCUT2D eigenvalue weighted by molar-refractivity contribution is 6.32. The number of ether oxygens (including phenoxy) is 1. The number of carbonyl (C=O) groups excluding carboxylic acids is 2. The van der Waals surface area contributed by atoms with Gasteiger partial charge in [0.25, 0.3) is 11.8 Å². The molecule has 0 atom stereocenters. The predicted molar refractivity (Wildman–Crippen MR) is 114 cm³/mol. The normalized spacial score (nSPS) is 10.3. The first kappa shape index (κ1) is 21.3. The van der Waals surface area contributed by atoms with Gasteiger partial charge in [0.15, 0.2) is 6.61 Å². The second-order valence-electron chi connectivity index (χ2n) is 6.45. The third-order valence-electron chi connectivity index (χ3n) is 4.24. The van der Waals surface area contributed by atoms with E-state index in [1.165, 1.54) is 12.1 Å². The van der Waals surface area contributed by atoms with Gasteiger partial charge in [-0.2, -0.15) is 0 Å². The number of benzene rings is 3. The number of hydrogen-bond donors (Lipinski definition) is 2. The van der Waals surface area contributed by atoms with E-state index in [2.05, 4.69) is 10.6 Å². The lowest BCUT2D eigenvalue weighted by molar-refractivity contribution is -0.118. The SMILES string of the molecule is O=C(COc1ccc(F)cc1Cl)Nc1ccccc1C(=O)NCCc1ccccc1. The molecular formula is C23H20ClFN2O3. The largest absolute Gasteiger partial charge is 0.482 e. The van der Waals surface area contributed by atoms with Crippen molar-refractivity contribution in [1.29, 1.82) is 0 Å². The Labute approximate surface area is 178 Å². The summed E-state index contributed by atoms with van der Waals surface area (Å²) in [5.74, 6) is -1.06. The summed E-state index contributed by atoms with van der Waals surface area (Å²) in [5, 5.41) is 5.59. The van der Waals surface area contributed by atoms with Crippen molar-refractivity contribution in [2.45, 2.75) is 6.42 Å². The van der Waals surface area contributed by atoms with E-state index >= 15 is 0 Å². The molecule has 0 radical (unpaired) electrons. The zero-order valence-electron chi connectivity index (χ0n) is 16.0. The molecule has 0 fully saturated rings. The summed E-state index contributed by atoms with van der Waals surface area (Å²) in [6.45, 7) is 0.132. The van der Waals surface area contributed by atoms with Gasteiger partial charge in [0.1, 0.15) is 11.6 Å². The van der Waals surface area contributed by atoms with E-state index in [1.807, 2.05) is 30.3 Å². The minimum Gasteiger partial charge on any atom is -0.482 e. The van der Waals surface area contributed by atoms with E-state index in [0.29, 0.717) is 24.2 Å². The summed E-state index contributed by atoms with van der Waals surface area (Å²) in [6, 6.07) is 20.2. The molecule has 154 valence electrons. The average Bonchev–Trinajstić information content (AvgIpc) is 2.74. The first-order valence-corrected chi connectivity index (χ1v) is 9.69. The van der Waals surface area contributed by atoms with Gasteiger partial charge in [0, 0.05) is 6.54 Å². The number of carbonyl (C=O) groups is 2. The molecule has 30 heavy (non-hydrogen) atoms. The number of halogens is 2. The average molecular weight is 427 g/mol. The van der Waals surface area contributed by atoms with Crippen molar-refractivity contribution in [2.75, 3.05) is 18.5 Å². The van der Waals surface area contributed by atoms with Crippen LogP contribution in [0.15, 0.2) is 72.8 Å². The maximum Gasteiger partial charge on any atom is 0.262 e. The number of rotatable bonds is 8. The Morgan fingerprint density at radius 3 is 2.47 bits per heavy atom. The second kappa shape index (κ2) is 10.4. The Hall–Kier alpha value is -3.38. The van der Waals surface area contributed by atoms with Crippen LogP contribution in [-0.2, 0) is 11.2 Å². The molecule has 2 amide bonds. The van der Waals surface area contributed by atoms with Crippen molar-refractivity contribution in [1.82, 2.24) is 5.32 Å². The van der Waals surface area contributed by atoms with Crippen LogP contribution in [0.3, 0.4) is 0 Å². The smallest absolute Gasteiger partial charge is 0.262 e. The fraction of sp³-hybridized carbons (Fsp3) is 0.130. The Bertz CT molecular complexity index is 1030. The van der Waals surface area contributed by atoms with Crippen LogP contribution < -0.4 is 15.4 Å². The van der Waals surface area contributed by atoms with Gasteiger partial charge < -0.3 is 15.4 Å². The number of nitrogens with one attached hydrogen (secondary N) is 2. The maximum atomic E-state index is 13.1. The van der Waals surface area contributed by atoms with Gasteiger partial charge in [-0.05, 0) is 42.3 Å². The molecule has 3 aromatic rings. The molecular weight excluding hydrogens is 407 g/mol. The number of anilines is 1.